The van der Waals surface area contributed by atoms with Gasteiger partial charge in [-0.1, -0.05) is 13.0 Å². The number of benzene rings is 2. The van der Waals surface area contributed by atoms with E-state index in [0.717, 1.165) is 19.4 Å². The zero-order chi connectivity index (χ0) is 32.2. The highest BCUT2D eigenvalue weighted by molar-refractivity contribution is 6.01. The quantitative estimate of drug-likeness (QED) is 0.306. The molecule has 3 atom stereocenters. The van der Waals surface area contributed by atoms with Crippen molar-refractivity contribution in [2.24, 2.45) is 11.7 Å². The van der Waals surface area contributed by atoms with E-state index in [-0.39, 0.29) is 66.1 Å². The molecule has 5 heterocycles. The molecule has 242 valence electrons. The SMILES string of the molecule is CCc1c(F)ccc2cc(O)cc(-c3ncc4c(N5CCOCC(C(N)=O)C5)nc(OC[C@@]56CCCN5C[C@H](F)C6)nc4c3F)c12. The molecule has 3 fully saturated rings. The third-order valence-electron chi connectivity index (χ3n) is 9.60. The van der Waals surface area contributed by atoms with E-state index in [1.165, 1.54) is 30.5 Å². The van der Waals surface area contributed by atoms with Crippen LogP contribution in [0.5, 0.6) is 11.8 Å². The summed E-state index contributed by atoms with van der Waals surface area (Å²) >= 11 is 0. The minimum absolute atomic E-state index is 0.104. The van der Waals surface area contributed by atoms with Crippen molar-refractivity contribution in [2.45, 2.75) is 44.3 Å². The Morgan fingerprint density at radius 3 is 2.87 bits per heavy atom. The highest BCUT2D eigenvalue weighted by atomic mass is 19.1. The van der Waals surface area contributed by atoms with E-state index in [0.29, 0.717) is 42.3 Å². The Kier molecular flexibility index (Phi) is 7.84. The molecule has 1 amide bonds. The van der Waals surface area contributed by atoms with E-state index in [4.69, 9.17) is 15.2 Å². The lowest BCUT2D eigenvalue weighted by Crippen LogP contribution is -2.43. The first-order chi connectivity index (χ1) is 22.2. The van der Waals surface area contributed by atoms with E-state index in [1.807, 2.05) is 0 Å². The summed E-state index contributed by atoms with van der Waals surface area (Å²) in [5, 5.41) is 11.8. The number of alkyl halides is 1. The van der Waals surface area contributed by atoms with E-state index in [9.17, 15) is 18.7 Å². The predicted molar refractivity (Wildman–Crippen MR) is 165 cm³/mol. The number of aromatic hydroxyl groups is 1. The van der Waals surface area contributed by atoms with Crippen molar-refractivity contribution in [3.05, 3.63) is 47.7 Å². The Morgan fingerprint density at radius 2 is 2.07 bits per heavy atom. The number of ether oxygens (including phenoxy) is 2. The molecule has 10 nitrogen and oxygen atoms in total. The number of carbonyl (C=O) groups is 1. The Labute approximate surface area is 263 Å². The van der Waals surface area contributed by atoms with Crippen molar-refractivity contribution < 1.29 is 32.5 Å². The van der Waals surface area contributed by atoms with Gasteiger partial charge >= 0.3 is 6.01 Å². The van der Waals surface area contributed by atoms with Gasteiger partial charge in [-0.15, -0.1) is 0 Å². The Morgan fingerprint density at radius 1 is 1.22 bits per heavy atom. The molecule has 0 bridgehead atoms. The van der Waals surface area contributed by atoms with Gasteiger partial charge in [-0.05, 0) is 60.3 Å². The van der Waals surface area contributed by atoms with Gasteiger partial charge < -0.3 is 25.2 Å². The van der Waals surface area contributed by atoms with Gasteiger partial charge in [0.25, 0.3) is 0 Å². The van der Waals surface area contributed by atoms with Crippen LogP contribution in [0.2, 0.25) is 0 Å². The first-order valence-corrected chi connectivity index (χ1v) is 15.6. The summed E-state index contributed by atoms with van der Waals surface area (Å²) < 4.78 is 58.0. The summed E-state index contributed by atoms with van der Waals surface area (Å²) in [6, 6.07) is 5.61. The van der Waals surface area contributed by atoms with E-state index in [2.05, 4.69) is 19.9 Å². The number of phenols is 1. The zero-order valence-electron chi connectivity index (χ0n) is 25.4. The molecular formula is C33H35F3N6O4. The smallest absolute Gasteiger partial charge is 0.319 e. The molecule has 46 heavy (non-hydrogen) atoms. The van der Waals surface area contributed by atoms with Crippen molar-refractivity contribution in [3.63, 3.8) is 0 Å². The van der Waals surface area contributed by atoms with Crippen LogP contribution in [0.4, 0.5) is 19.0 Å². The third kappa shape index (κ3) is 5.24. The lowest BCUT2D eigenvalue weighted by Gasteiger charge is -2.31. The number of fused-ring (bicyclic) bond motifs is 3. The minimum Gasteiger partial charge on any atom is -0.508 e. The molecule has 2 aromatic heterocycles. The van der Waals surface area contributed by atoms with Gasteiger partial charge in [0.15, 0.2) is 5.82 Å². The number of amides is 1. The van der Waals surface area contributed by atoms with Crippen molar-refractivity contribution in [2.75, 3.05) is 50.9 Å². The normalized spacial score (nSPS) is 23.6. The third-order valence-corrected chi connectivity index (χ3v) is 9.60. The summed E-state index contributed by atoms with van der Waals surface area (Å²) in [5.74, 6) is -2.28. The number of rotatable bonds is 7. The second-order valence-electron chi connectivity index (χ2n) is 12.5. The maximum Gasteiger partial charge on any atom is 0.319 e. The second-order valence-corrected chi connectivity index (χ2v) is 12.5. The maximum absolute atomic E-state index is 16.8. The van der Waals surface area contributed by atoms with Gasteiger partial charge in [0, 0.05) is 37.8 Å². The van der Waals surface area contributed by atoms with Gasteiger partial charge in [0.2, 0.25) is 5.91 Å². The second kappa shape index (κ2) is 11.8. The number of phenolic OH excluding ortho intramolecular Hbond substituents is 1. The molecule has 7 rings (SSSR count). The highest BCUT2D eigenvalue weighted by Crippen LogP contribution is 2.42. The molecule has 3 N–H and O–H groups in total. The van der Waals surface area contributed by atoms with Crippen LogP contribution in [0.3, 0.4) is 0 Å². The number of hydrogen-bond donors (Lipinski definition) is 2. The van der Waals surface area contributed by atoms with Crippen LogP contribution in [-0.4, -0.2) is 88.6 Å². The fourth-order valence-corrected chi connectivity index (χ4v) is 7.37. The number of nitrogens with two attached hydrogens (primary N) is 1. The zero-order valence-corrected chi connectivity index (χ0v) is 25.4. The topological polar surface area (TPSA) is 127 Å². The first kappa shape index (κ1) is 30.4. The summed E-state index contributed by atoms with van der Waals surface area (Å²) in [4.78, 5) is 29.7. The minimum atomic E-state index is -0.958. The van der Waals surface area contributed by atoms with Crippen LogP contribution in [0.1, 0.15) is 31.7 Å². The molecule has 0 saturated carbocycles. The lowest BCUT2D eigenvalue weighted by atomic mass is 9.94. The number of aromatic nitrogens is 3. The van der Waals surface area contributed by atoms with Gasteiger partial charge in [-0.2, -0.15) is 9.97 Å². The number of aryl methyl sites for hydroxylation is 1. The van der Waals surface area contributed by atoms with Crippen LogP contribution in [0, 0.1) is 17.6 Å². The van der Waals surface area contributed by atoms with Gasteiger partial charge in [-0.3, -0.25) is 14.7 Å². The molecular weight excluding hydrogens is 601 g/mol. The van der Waals surface area contributed by atoms with Crippen molar-refractivity contribution >= 4 is 33.4 Å². The summed E-state index contributed by atoms with van der Waals surface area (Å²) in [6.07, 6.45) is 2.82. The number of pyridine rings is 1. The summed E-state index contributed by atoms with van der Waals surface area (Å²) in [5.41, 5.74) is 5.49. The monoisotopic (exact) mass is 636 g/mol. The van der Waals surface area contributed by atoms with E-state index >= 15 is 4.39 Å². The van der Waals surface area contributed by atoms with E-state index < -0.39 is 35.2 Å². The lowest BCUT2D eigenvalue weighted by molar-refractivity contribution is -0.122. The first-order valence-electron chi connectivity index (χ1n) is 15.6. The largest absolute Gasteiger partial charge is 0.508 e. The molecule has 13 heteroatoms. The number of nitrogens with zero attached hydrogens (tertiary/aromatic N) is 5. The number of carbonyl (C=O) groups excluding carboxylic acids is 1. The average Bonchev–Trinajstić information content (AvgIpc) is 3.43. The van der Waals surface area contributed by atoms with Gasteiger partial charge in [0.05, 0.1) is 30.1 Å². The number of primary amides is 1. The predicted octanol–water partition coefficient (Wildman–Crippen LogP) is 4.28. The number of hydrogen-bond acceptors (Lipinski definition) is 9. The fraction of sp³-hybridized carbons (Fsp3) is 0.455. The maximum atomic E-state index is 16.8. The number of halogens is 3. The van der Waals surface area contributed by atoms with Crippen LogP contribution in [-0.2, 0) is 16.0 Å². The Bertz CT molecular complexity index is 1840. The van der Waals surface area contributed by atoms with Crippen LogP contribution >= 0.6 is 0 Å². The fourth-order valence-electron chi connectivity index (χ4n) is 7.37. The van der Waals surface area contributed by atoms with Crippen molar-refractivity contribution in [3.8, 4) is 23.0 Å². The van der Waals surface area contributed by atoms with Crippen molar-refractivity contribution in [1.29, 1.82) is 0 Å². The molecule has 0 spiro atoms. The molecule has 0 radical (unpaired) electrons. The molecule has 1 unspecified atom stereocenters. The van der Waals surface area contributed by atoms with E-state index in [1.54, 1.807) is 11.8 Å². The molecule has 4 aromatic rings. The average molecular weight is 637 g/mol. The van der Waals surface area contributed by atoms with Crippen molar-refractivity contribution in [1.82, 2.24) is 19.9 Å². The summed E-state index contributed by atoms with van der Waals surface area (Å²) in [6.45, 7) is 3.95. The number of anilines is 1. The standard InChI is InChI=1S/C33H35F3N6O4/c1-2-22-25(35)5-4-18-10-21(43)11-23(26(18)22)28-27(36)29-24(13-38-28)31(41-8-9-45-16-19(14-41)30(37)44)40-32(39-29)46-17-33-6-3-7-42(33)15-20(34)12-33/h4-5,10-11,13,19-20,43H,2-3,6-9,12,14-17H2,1H3,(H2,37,44)/t19?,20-,33+/m1/s1. The Hall–Kier alpha value is -4.23. The van der Waals surface area contributed by atoms with Gasteiger partial charge in [0.1, 0.15) is 41.4 Å². The summed E-state index contributed by atoms with van der Waals surface area (Å²) in [7, 11) is 0. The highest BCUT2D eigenvalue weighted by Gasteiger charge is 2.49. The molecule has 3 saturated heterocycles. The molecule has 0 aliphatic carbocycles. The van der Waals surface area contributed by atoms with Crippen LogP contribution in [0.15, 0.2) is 30.5 Å². The Balaban J connectivity index is 1.38. The molecule has 3 aliphatic heterocycles. The molecule has 3 aliphatic rings. The van der Waals surface area contributed by atoms with Gasteiger partial charge in [-0.25, -0.2) is 13.2 Å². The van der Waals surface area contributed by atoms with Crippen LogP contribution < -0.4 is 15.4 Å². The molecule has 2 aromatic carbocycles. The van der Waals surface area contributed by atoms with Crippen LogP contribution in [0.25, 0.3) is 32.9 Å².